The fourth-order valence-electron chi connectivity index (χ4n) is 2.64. The number of hydrogen-bond donors (Lipinski definition) is 1. The summed E-state index contributed by atoms with van der Waals surface area (Å²) in [6.07, 6.45) is 1.63. The highest BCUT2D eigenvalue weighted by Gasteiger charge is 2.14. The Balaban J connectivity index is 1.75. The summed E-state index contributed by atoms with van der Waals surface area (Å²) >= 11 is 0. The second-order valence-corrected chi connectivity index (χ2v) is 5.51. The molecule has 0 fully saturated rings. The Morgan fingerprint density at radius 3 is 2.70 bits per heavy atom. The quantitative estimate of drug-likeness (QED) is 0.797. The molecule has 0 radical (unpaired) electrons. The minimum atomic E-state index is -0.320. The molecule has 0 saturated heterocycles. The van der Waals surface area contributed by atoms with E-state index in [-0.39, 0.29) is 24.2 Å². The summed E-state index contributed by atoms with van der Waals surface area (Å²) in [4.78, 5) is 24.4. The van der Waals surface area contributed by atoms with Gasteiger partial charge in [-0.1, -0.05) is 30.3 Å². The van der Waals surface area contributed by atoms with E-state index >= 15 is 0 Å². The number of benzene rings is 1. The molecule has 1 amide bonds. The van der Waals surface area contributed by atoms with Gasteiger partial charge in [-0.05, 0) is 37.1 Å². The van der Waals surface area contributed by atoms with Gasteiger partial charge in [0.2, 0.25) is 5.91 Å². The summed E-state index contributed by atoms with van der Waals surface area (Å²) < 4.78 is 2.59. The van der Waals surface area contributed by atoms with Crippen molar-refractivity contribution < 1.29 is 4.79 Å². The molecule has 2 aromatic heterocycles. The zero-order valence-corrected chi connectivity index (χ0v) is 13.1. The van der Waals surface area contributed by atoms with Crippen molar-refractivity contribution in [3.8, 4) is 0 Å². The van der Waals surface area contributed by atoms with Crippen LogP contribution in [0.1, 0.15) is 24.1 Å². The van der Waals surface area contributed by atoms with E-state index in [0.717, 1.165) is 11.1 Å². The Bertz CT molecular complexity index is 910. The van der Waals surface area contributed by atoms with E-state index in [1.54, 1.807) is 24.4 Å². The Hall–Kier alpha value is -2.89. The molecule has 0 aliphatic carbocycles. The smallest absolute Gasteiger partial charge is 0.348 e. The highest BCUT2D eigenvalue weighted by molar-refractivity contribution is 5.76. The number of nitrogens with one attached hydrogen (secondary N) is 1. The lowest BCUT2D eigenvalue weighted by atomic mass is 10.0. The molecule has 6 heteroatoms. The highest BCUT2D eigenvalue weighted by Crippen LogP contribution is 2.16. The third-order valence-corrected chi connectivity index (χ3v) is 3.81. The number of carbonyl (C=O) groups is 1. The predicted molar refractivity (Wildman–Crippen MR) is 87.2 cm³/mol. The second-order valence-electron chi connectivity index (χ2n) is 5.51. The van der Waals surface area contributed by atoms with Crippen molar-refractivity contribution in [3.05, 3.63) is 70.3 Å². The van der Waals surface area contributed by atoms with Crippen LogP contribution in [0.4, 0.5) is 0 Å². The average Bonchev–Trinajstić information content (AvgIpc) is 2.84. The minimum Gasteiger partial charge on any atom is -0.348 e. The molecule has 0 bridgehead atoms. The molecule has 1 N–H and O–H groups in total. The van der Waals surface area contributed by atoms with Gasteiger partial charge in [0.15, 0.2) is 5.65 Å². The number of amides is 1. The van der Waals surface area contributed by atoms with Crippen LogP contribution in [0.15, 0.2) is 53.5 Å². The standard InChI is InChI=1S/C17H18N4O2/c1-12-7-3-4-8-14(12)13(2)18-16(22)11-21-17(23)20-10-6-5-9-15(20)19-21/h3-10,13H,11H2,1-2H3,(H,18,22). The molecule has 0 spiro atoms. The molecular weight excluding hydrogens is 292 g/mol. The van der Waals surface area contributed by atoms with Gasteiger partial charge >= 0.3 is 5.69 Å². The Labute approximate surface area is 133 Å². The van der Waals surface area contributed by atoms with Crippen LogP contribution in [0.3, 0.4) is 0 Å². The molecule has 1 unspecified atom stereocenters. The van der Waals surface area contributed by atoms with Gasteiger partial charge in [0, 0.05) is 6.20 Å². The second kappa shape index (κ2) is 6.08. The van der Waals surface area contributed by atoms with Gasteiger partial charge in [-0.2, -0.15) is 0 Å². The molecular formula is C17H18N4O2. The van der Waals surface area contributed by atoms with E-state index in [0.29, 0.717) is 5.65 Å². The summed E-state index contributed by atoms with van der Waals surface area (Å²) in [5.41, 5.74) is 2.38. The number of hydrogen-bond acceptors (Lipinski definition) is 3. The maximum atomic E-state index is 12.2. The number of rotatable bonds is 4. The molecule has 2 heterocycles. The lowest BCUT2D eigenvalue weighted by Crippen LogP contribution is -2.34. The fourth-order valence-corrected chi connectivity index (χ4v) is 2.64. The molecule has 118 valence electrons. The number of fused-ring (bicyclic) bond motifs is 1. The molecule has 1 aromatic carbocycles. The van der Waals surface area contributed by atoms with Crippen LogP contribution in [0, 0.1) is 6.92 Å². The number of aryl methyl sites for hydroxylation is 1. The van der Waals surface area contributed by atoms with Crippen LogP contribution in [-0.4, -0.2) is 20.1 Å². The normalized spacial score (nSPS) is 12.3. The average molecular weight is 310 g/mol. The summed E-state index contributed by atoms with van der Waals surface area (Å²) in [7, 11) is 0. The molecule has 3 aromatic rings. The van der Waals surface area contributed by atoms with Gasteiger partial charge in [-0.3, -0.25) is 9.20 Å². The van der Waals surface area contributed by atoms with Crippen LogP contribution < -0.4 is 11.0 Å². The van der Waals surface area contributed by atoms with Crippen molar-refractivity contribution in [1.82, 2.24) is 19.5 Å². The number of nitrogens with zero attached hydrogens (tertiary/aromatic N) is 3. The van der Waals surface area contributed by atoms with Crippen molar-refractivity contribution in [2.24, 2.45) is 0 Å². The van der Waals surface area contributed by atoms with E-state index in [1.807, 2.05) is 38.1 Å². The van der Waals surface area contributed by atoms with Crippen LogP contribution in [-0.2, 0) is 11.3 Å². The van der Waals surface area contributed by atoms with Crippen molar-refractivity contribution in [2.75, 3.05) is 0 Å². The van der Waals surface area contributed by atoms with E-state index < -0.39 is 0 Å². The van der Waals surface area contributed by atoms with Crippen molar-refractivity contribution in [2.45, 2.75) is 26.4 Å². The Kier molecular flexibility index (Phi) is 3.97. The fraction of sp³-hybridized carbons (Fsp3) is 0.235. The van der Waals surface area contributed by atoms with Crippen molar-refractivity contribution in [1.29, 1.82) is 0 Å². The molecule has 0 aliphatic heterocycles. The third-order valence-electron chi connectivity index (χ3n) is 3.81. The topological polar surface area (TPSA) is 68.4 Å². The largest absolute Gasteiger partial charge is 0.350 e. The zero-order chi connectivity index (χ0) is 16.4. The van der Waals surface area contributed by atoms with Crippen LogP contribution >= 0.6 is 0 Å². The molecule has 23 heavy (non-hydrogen) atoms. The van der Waals surface area contributed by atoms with Gasteiger partial charge in [0.1, 0.15) is 6.54 Å². The lowest BCUT2D eigenvalue weighted by Gasteiger charge is -2.16. The van der Waals surface area contributed by atoms with Crippen LogP contribution in [0.25, 0.3) is 5.65 Å². The highest BCUT2D eigenvalue weighted by atomic mass is 16.2. The Morgan fingerprint density at radius 2 is 1.96 bits per heavy atom. The number of pyridine rings is 1. The first-order chi connectivity index (χ1) is 11.1. The van der Waals surface area contributed by atoms with Crippen molar-refractivity contribution >= 4 is 11.6 Å². The maximum absolute atomic E-state index is 12.2. The summed E-state index contributed by atoms with van der Waals surface area (Å²) in [5, 5.41) is 7.07. The Morgan fingerprint density at radius 1 is 1.22 bits per heavy atom. The molecule has 3 rings (SSSR count). The maximum Gasteiger partial charge on any atom is 0.350 e. The van der Waals surface area contributed by atoms with Gasteiger partial charge in [0.25, 0.3) is 0 Å². The van der Waals surface area contributed by atoms with Gasteiger partial charge in [-0.15, -0.1) is 5.10 Å². The summed E-state index contributed by atoms with van der Waals surface area (Å²) in [6.45, 7) is 3.83. The third kappa shape index (κ3) is 3.01. The predicted octanol–water partition coefficient (Wildman–Crippen LogP) is 1.68. The van der Waals surface area contributed by atoms with E-state index in [4.69, 9.17) is 0 Å². The first kappa shape index (κ1) is 15.0. The lowest BCUT2D eigenvalue weighted by molar-refractivity contribution is -0.122. The summed E-state index contributed by atoms with van der Waals surface area (Å²) in [6, 6.07) is 13.0. The van der Waals surface area contributed by atoms with E-state index in [1.165, 1.54) is 9.08 Å². The first-order valence-electron chi connectivity index (χ1n) is 7.45. The molecule has 0 saturated carbocycles. The SMILES string of the molecule is Cc1ccccc1C(C)NC(=O)Cn1nc2ccccn2c1=O. The molecule has 1 atom stereocenters. The minimum absolute atomic E-state index is 0.100. The van der Waals surface area contributed by atoms with Crippen LogP contribution in [0.2, 0.25) is 0 Å². The zero-order valence-electron chi connectivity index (χ0n) is 13.1. The number of carbonyl (C=O) groups excluding carboxylic acids is 1. The van der Waals surface area contributed by atoms with E-state index in [9.17, 15) is 9.59 Å². The van der Waals surface area contributed by atoms with Gasteiger partial charge in [-0.25, -0.2) is 9.48 Å². The molecule has 6 nitrogen and oxygen atoms in total. The van der Waals surface area contributed by atoms with Crippen molar-refractivity contribution in [3.63, 3.8) is 0 Å². The van der Waals surface area contributed by atoms with Gasteiger partial charge in [0.05, 0.1) is 6.04 Å². The molecule has 0 aliphatic rings. The first-order valence-corrected chi connectivity index (χ1v) is 7.45. The van der Waals surface area contributed by atoms with Crippen LogP contribution in [0.5, 0.6) is 0 Å². The van der Waals surface area contributed by atoms with Gasteiger partial charge < -0.3 is 5.32 Å². The summed E-state index contributed by atoms with van der Waals surface area (Å²) in [5.74, 6) is -0.244. The van der Waals surface area contributed by atoms with E-state index in [2.05, 4.69) is 10.4 Å². The monoisotopic (exact) mass is 310 g/mol. The number of aromatic nitrogens is 3.